The Morgan fingerprint density at radius 1 is 1.26 bits per heavy atom. The van der Waals surface area contributed by atoms with Crippen molar-refractivity contribution in [1.29, 1.82) is 0 Å². The first kappa shape index (κ1) is 12.9. The fourth-order valence-electron chi connectivity index (χ4n) is 2.07. The molecule has 0 aliphatic carbocycles. The molecule has 96 valence electrons. The van der Waals surface area contributed by atoms with E-state index in [-0.39, 0.29) is 6.42 Å². The number of nitrogens with zero attached hydrogens (tertiary/aromatic N) is 3. The van der Waals surface area contributed by atoms with E-state index in [9.17, 15) is 4.79 Å². The van der Waals surface area contributed by atoms with Crippen molar-refractivity contribution >= 4 is 16.7 Å². The summed E-state index contributed by atoms with van der Waals surface area (Å²) in [5.41, 5.74) is 9.43. The van der Waals surface area contributed by atoms with Crippen LogP contribution in [0.15, 0.2) is 47.6 Å². The van der Waals surface area contributed by atoms with Crippen molar-refractivity contribution in [3.8, 4) is 0 Å². The molecule has 19 heavy (non-hydrogen) atoms. The number of carbonyl (C=O) groups is 1. The number of hydrogen-bond acceptors (Lipinski definition) is 2. The summed E-state index contributed by atoms with van der Waals surface area (Å²) in [6.07, 6.45) is 0.276. The van der Waals surface area contributed by atoms with E-state index in [0.29, 0.717) is 6.42 Å². The van der Waals surface area contributed by atoms with Crippen LogP contribution >= 0.6 is 0 Å². The summed E-state index contributed by atoms with van der Waals surface area (Å²) in [5.74, 6) is -0.960. The summed E-state index contributed by atoms with van der Waals surface area (Å²) in [4.78, 5) is 13.4. The van der Waals surface area contributed by atoms with Gasteiger partial charge in [-0.05, 0) is 28.3 Å². The normalized spacial score (nSPS) is 11.8. The lowest BCUT2D eigenvalue weighted by Gasteiger charge is -2.09. The van der Waals surface area contributed by atoms with Crippen LogP contribution in [-0.2, 0) is 11.2 Å². The van der Waals surface area contributed by atoms with E-state index in [1.54, 1.807) is 0 Å². The maximum Gasteiger partial charge on any atom is 0.303 e. The molecule has 5 nitrogen and oxygen atoms in total. The van der Waals surface area contributed by atoms with Crippen LogP contribution in [0.5, 0.6) is 0 Å². The van der Waals surface area contributed by atoms with Crippen LogP contribution < -0.4 is 0 Å². The molecule has 0 aromatic heterocycles. The molecule has 0 spiro atoms. The zero-order valence-electron chi connectivity index (χ0n) is 10.2. The molecule has 0 saturated carbocycles. The van der Waals surface area contributed by atoms with Gasteiger partial charge < -0.3 is 5.11 Å². The number of carboxylic acids is 1. The number of carboxylic acid groups (broad SMARTS) is 1. The molecular formula is C14H13N3O2. The number of aliphatic carboxylic acids is 1. The van der Waals surface area contributed by atoms with Crippen molar-refractivity contribution in [2.24, 2.45) is 5.11 Å². The highest BCUT2D eigenvalue weighted by Crippen LogP contribution is 2.18. The molecule has 2 aromatic rings. The minimum atomic E-state index is -0.960. The lowest BCUT2D eigenvalue weighted by atomic mass is 10.0. The van der Waals surface area contributed by atoms with E-state index in [1.165, 1.54) is 0 Å². The van der Waals surface area contributed by atoms with Crippen LogP contribution in [0.2, 0.25) is 0 Å². The van der Waals surface area contributed by atoms with Crippen molar-refractivity contribution in [3.63, 3.8) is 0 Å². The molecule has 0 aliphatic heterocycles. The number of fused-ring (bicyclic) bond motifs is 1. The van der Waals surface area contributed by atoms with Gasteiger partial charge in [-0.1, -0.05) is 47.6 Å². The summed E-state index contributed by atoms with van der Waals surface area (Å²) in [6.45, 7) is 0. The second kappa shape index (κ2) is 5.89. The number of benzene rings is 2. The standard InChI is InChI=1S/C14H13N3O2/c15-17-16-13(9-14(18)19)8-10-5-6-11-3-1-2-4-12(11)7-10/h1-7,13H,8-9H2,(H,18,19). The molecule has 0 heterocycles. The monoisotopic (exact) mass is 255 g/mol. The minimum absolute atomic E-state index is 0.156. The summed E-state index contributed by atoms with van der Waals surface area (Å²) in [7, 11) is 0. The van der Waals surface area contributed by atoms with Gasteiger partial charge in [-0.3, -0.25) is 4.79 Å². The van der Waals surface area contributed by atoms with Crippen molar-refractivity contribution in [3.05, 3.63) is 58.5 Å². The molecule has 0 amide bonds. The smallest absolute Gasteiger partial charge is 0.303 e. The molecule has 5 heteroatoms. The third-order valence-corrected chi connectivity index (χ3v) is 2.91. The molecule has 0 bridgehead atoms. The van der Waals surface area contributed by atoms with Gasteiger partial charge in [0, 0.05) is 4.91 Å². The third-order valence-electron chi connectivity index (χ3n) is 2.91. The first-order valence-corrected chi connectivity index (χ1v) is 5.92. The fraction of sp³-hybridized carbons (Fsp3) is 0.214. The molecule has 0 saturated heterocycles. The predicted molar refractivity (Wildman–Crippen MR) is 72.8 cm³/mol. The molecule has 0 radical (unpaired) electrons. The SMILES string of the molecule is [N-]=[N+]=NC(CC(=O)O)Cc1ccc2ccccc2c1. The van der Waals surface area contributed by atoms with Crippen LogP contribution in [0, 0.1) is 0 Å². The Labute approximate surface area is 110 Å². The third kappa shape index (κ3) is 3.47. The first-order chi connectivity index (χ1) is 9.19. The van der Waals surface area contributed by atoms with Crippen molar-refractivity contribution in [2.45, 2.75) is 18.9 Å². The van der Waals surface area contributed by atoms with Crippen molar-refractivity contribution in [1.82, 2.24) is 0 Å². The number of rotatable bonds is 5. The molecule has 1 unspecified atom stereocenters. The maximum atomic E-state index is 10.7. The number of azide groups is 1. The van der Waals surface area contributed by atoms with Gasteiger partial charge in [0.05, 0.1) is 12.5 Å². The highest BCUT2D eigenvalue weighted by Gasteiger charge is 2.12. The second-order valence-corrected chi connectivity index (χ2v) is 4.34. The van der Waals surface area contributed by atoms with Gasteiger partial charge in [0.25, 0.3) is 0 Å². The van der Waals surface area contributed by atoms with E-state index in [1.807, 2.05) is 42.5 Å². The van der Waals surface area contributed by atoms with E-state index >= 15 is 0 Å². The van der Waals surface area contributed by atoms with Gasteiger partial charge in [0.1, 0.15) is 0 Å². The predicted octanol–water partition coefficient (Wildman–Crippen LogP) is 3.54. The highest BCUT2D eigenvalue weighted by atomic mass is 16.4. The van der Waals surface area contributed by atoms with Crippen molar-refractivity contribution in [2.75, 3.05) is 0 Å². The van der Waals surface area contributed by atoms with Gasteiger partial charge in [0.2, 0.25) is 0 Å². The Morgan fingerprint density at radius 2 is 2.00 bits per heavy atom. The quantitative estimate of drug-likeness (QED) is 0.503. The van der Waals surface area contributed by atoms with E-state index in [4.69, 9.17) is 10.6 Å². The van der Waals surface area contributed by atoms with Gasteiger partial charge in [-0.2, -0.15) is 0 Å². The van der Waals surface area contributed by atoms with Crippen LogP contribution in [0.3, 0.4) is 0 Å². The largest absolute Gasteiger partial charge is 0.481 e. The highest BCUT2D eigenvalue weighted by molar-refractivity contribution is 5.83. The van der Waals surface area contributed by atoms with Crippen LogP contribution in [0.4, 0.5) is 0 Å². The van der Waals surface area contributed by atoms with Crippen LogP contribution in [0.25, 0.3) is 21.2 Å². The Morgan fingerprint density at radius 3 is 2.68 bits per heavy atom. The van der Waals surface area contributed by atoms with Gasteiger partial charge in [0.15, 0.2) is 0 Å². The topological polar surface area (TPSA) is 86.1 Å². The van der Waals surface area contributed by atoms with E-state index in [0.717, 1.165) is 16.3 Å². The summed E-state index contributed by atoms with van der Waals surface area (Å²) in [5, 5.41) is 14.5. The molecule has 1 atom stereocenters. The molecular weight excluding hydrogens is 242 g/mol. The second-order valence-electron chi connectivity index (χ2n) is 4.34. The Bertz CT molecular complexity index is 648. The Balaban J connectivity index is 2.23. The van der Waals surface area contributed by atoms with Gasteiger partial charge in [-0.25, -0.2) is 0 Å². The van der Waals surface area contributed by atoms with Crippen molar-refractivity contribution < 1.29 is 9.90 Å². The van der Waals surface area contributed by atoms with E-state index in [2.05, 4.69) is 10.0 Å². The average molecular weight is 255 g/mol. The first-order valence-electron chi connectivity index (χ1n) is 5.92. The Kier molecular flexibility index (Phi) is 4.00. The lowest BCUT2D eigenvalue weighted by Crippen LogP contribution is -2.13. The summed E-state index contributed by atoms with van der Waals surface area (Å²) >= 11 is 0. The van der Waals surface area contributed by atoms with Crippen LogP contribution in [-0.4, -0.2) is 17.1 Å². The number of hydrogen-bond donors (Lipinski definition) is 1. The average Bonchev–Trinajstić information content (AvgIpc) is 2.38. The molecule has 2 rings (SSSR count). The minimum Gasteiger partial charge on any atom is -0.481 e. The lowest BCUT2D eigenvalue weighted by molar-refractivity contribution is -0.137. The maximum absolute atomic E-state index is 10.7. The molecule has 0 fully saturated rings. The fourth-order valence-corrected chi connectivity index (χ4v) is 2.07. The zero-order chi connectivity index (χ0) is 13.7. The van der Waals surface area contributed by atoms with Gasteiger partial charge in [-0.15, -0.1) is 0 Å². The molecule has 1 N–H and O–H groups in total. The summed E-state index contributed by atoms with van der Waals surface area (Å²) < 4.78 is 0. The van der Waals surface area contributed by atoms with Crippen LogP contribution in [0.1, 0.15) is 12.0 Å². The van der Waals surface area contributed by atoms with Gasteiger partial charge >= 0.3 is 5.97 Å². The Hall–Kier alpha value is -2.52. The molecule has 2 aromatic carbocycles. The summed E-state index contributed by atoms with van der Waals surface area (Å²) in [6, 6.07) is 13.3. The van der Waals surface area contributed by atoms with E-state index < -0.39 is 12.0 Å². The zero-order valence-corrected chi connectivity index (χ0v) is 10.2. The molecule has 0 aliphatic rings.